The van der Waals surface area contributed by atoms with Crippen LogP contribution in [0.5, 0.6) is 0 Å². The SMILES string of the molecule is COCC1O[C@H](OC2(CO)OC(CO)C(CO)C2O)C(O)C[C@@H]1OC. The molecule has 0 aliphatic carbocycles. The van der Waals surface area contributed by atoms with E-state index in [-0.39, 0.29) is 13.0 Å². The molecule has 2 heterocycles. The zero-order valence-electron chi connectivity index (χ0n) is 14.4. The number of ether oxygens (including phenoxy) is 5. The minimum absolute atomic E-state index is 0.194. The Morgan fingerprint density at radius 1 is 1.08 bits per heavy atom. The number of methoxy groups -OCH3 is 2. The van der Waals surface area contributed by atoms with E-state index >= 15 is 0 Å². The summed E-state index contributed by atoms with van der Waals surface area (Å²) < 4.78 is 27.1. The van der Waals surface area contributed by atoms with E-state index in [9.17, 15) is 25.5 Å². The van der Waals surface area contributed by atoms with Crippen molar-refractivity contribution in [3.05, 3.63) is 0 Å². The van der Waals surface area contributed by atoms with Crippen LogP contribution in [0.1, 0.15) is 6.42 Å². The summed E-state index contributed by atoms with van der Waals surface area (Å²) in [6.07, 6.45) is -5.40. The molecule has 0 aromatic heterocycles. The molecule has 2 rings (SSSR count). The zero-order valence-corrected chi connectivity index (χ0v) is 14.4. The van der Waals surface area contributed by atoms with Gasteiger partial charge in [0.2, 0.25) is 5.79 Å². The number of aliphatic hydroxyl groups excluding tert-OH is 5. The van der Waals surface area contributed by atoms with Crippen LogP contribution < -0.4 is 0 Å². The molecule has 2 saturated heterocycles. The summed E-state index contributed by atoms with van der Waals surface area (Å²) in [6, 6.07) is 0. The minimum Gasteiger partial charge on any atom is -0.396 e. The largest absolute Gasteiger partial charge is 0.396 e. The maximum atomic E-state index is 10.4. The highest BCUT2D eigenvalue weighted by atomic mass is 16.8. The monoisotopic (exact) mass is 368 g/mol. The van der Waals surface area contributed by atoms with Gasteiger partial charge in [0.15, 0.2) is 6.29 Å². The fraction of sp³-hybridized carbons (Fsp3) is 1.00. The van der Waals surface area contributed by atoms with E-state index in [1.165, 1.54) is 14.2 Å². The van der Waals surface area contributed by atoms with E-state index in [4.69, 9.17) is 23.7 Å². The maximum Gasteiger partial charge on any atom is 0.221 e. The van der Waals surface area contributed by atoms with Crippen LogP contribution in [0, 0.1) is 5.92 Å². The number of aliphatic hydroxyl groups is 5. The molecule has 5 N–H and O–H groups in total. The van der Waals surface area contributed by atoms with Crippen molar-refractivity contribution in [3.63, 3.8) is 0 Å². The Morgan fingerprint density at radius 3 is 2.28 bits per heavy atom. The summed E-state index contributed by atoms with van der Waals surface area (Å²) >= 11 is 0. The smallest absolute Gasteiger partial charge is 0.221 e. The van der Waals surface area contributed by atoms with Gasteiger partial charge in [-0.3, -0.25) is 0 Å². The summed E-state index contributed by atoms with van der Waals surface area (Å²) in [7, 11) is 2.98. The molecule has 0 aromatic rings. The summed E-state index contributed by atoms with van der Waals surface area (Å²) in [5.41, 5.74) is 0. The van der Waals surface area contributed by atoms with Crippen molar-refractivity contribution in [1.82, 2.24) is 0 Å². The zero-order chi connectivity index (χ0) is 18.6. The van der Waals surface area contributed by atoms with Crippen LogP contribution in [-0.2, 0) is 23.7 Å². The third-order valence-corrected chi connectivity index (χ3v) is 4.76. The van der Waals surface area contributed by atoms with Crippen LogP contribution in [0.25, 0.3) is 0 Å². The van der Waals surface area contributed by atoms with E-state index < -0.39 is 68.3 Å². The second-order valence-electron chi connectivity index (χ2n) is 6.29. The van der Waals surface area contributed by atoms with Crippen LogP contribution in [0.3, 0.4) is 0 Å². The molecule has 0 bridgehead atoms. The lowest BCUT2D eigenvalue weighted by atomic mass is 9.95. The lowest BCUT2D eigenvalue weighted by Gasteiger charge is -2.42. The molecule has 0 aromatic carbocycles. The predicted octanol–water partition coefficient (Wildman–Crippen LogP) is -2.81. The topological polar surface area (TPSA) is 147 Å². The number of rotatable bonds is 8. The minimum atomic E-state index is -1.93. The van der Waals surface area contributed by atoms with Crippen LogP contribution in [-0.4, -0.2) is 109 Å². The summed E-state index contributed by atoms with van der Waals surface area (Å²) in [6.45, 7) is -1.50. The van der Waals surface area contributed by atoms with Crippen molar-refractivity contribution < 1.29 is 49.2 Å². The molecule has 2 aliphatic heterocycles. The first kappa shape index (κ1) is 20.9. The third-order valence-electron chi connectivity index (χ3n) is 4.76. The maximum absolute atomic E-state index is 10.4. The molecule has 2 fully saturated rings. The first-order valence-electron chi connectivity index (χ1n) is 8.17. The molecule has 25 heavy (non-hydrogen) atoms. The highest BCUT2D eigenvalue weighted by Gasteiger charge is 2.57. The van der Waals surface area contributed by atoms with Gasteiger partial charge < -0.3 is 49.2 Å². The van der Waals surface area contributed by atoms with Gasteiger partial charge in [-0.2, -0.15) is 0 Å². The van der Waals surface area contributed by atoms with Gasteiger partial charge in [0.1, 0.15) is 24.9 Å². The van der Waals surface area contributed by atoms with Crippen LogP contribution in [0.4, 0.5) is 0 Å². The van der Waals surface area contributed by atoms with Gasteiger partial charge in [0, 0.05) is 26.6 Å². The van der Waals surface area contributed by atoms with Crippen molar-refractivity contribution in [2.75, 3.05) is 40.6 Å². The highest BCUT2D eigenvalue weighted by molar-refractivity contribution is 4.97. The molecular weight excluding hydrogens is 340 g/mol. The van der Waals surface area contributed by atoms with E-state index in [0.29, 0.717) is 0 Å². The van der Waals surface area contributed by atoms with Crippen molar-refractivity contribution in [2.24, 2.45) is 5.92 Å². The van der Waals surface area contributed by atoms with Crippen molar-refractivity contribution in [3.8, 4) is 0 Å². The molecule has 0 radical (unpaired) electrons. The van der Waals surface area contributed by atoms with Crippen LogP contribution in [0.15, 0.2) is 0 Å². The molecule has 0 spiro atoms. The van der Waals surface area contributed by atoms with Gasteiger partial charge in [-0.15, -0.1) is 0 Å². The Kier molecular flexibility index (Phi) is 7.52. The third kappa shape index (κ3) is 4.14. The van der Waals surface area contributed by atoms with E-state index in [1.54, 1.807) is 0 Å². The van der Waals surface area contributed by atoms with Gasteiger partial charge in [-0.05, 0) is 0 Å². The predicted molar refractivity (Wildman–Crippen MR) is 81.4 cm³/mol. The van der Waals surface area contributed by atoms with Crippen molar-refractivity contribution in [2.45, 2.75) is 49.0 Å². The van der Waals surface area contributed by atoms with Crippen molar-refractivity contribution in [1.29, 1.82) is 0 Å². The quantitative estimate of drug-likeness (QED) is 0.304. The Balaban J connectivity index is 2.14. The second-order valence-corrected chi connectivity index (χ2v) is 6.29. The fourth-order valence-corrected chi connectivity index (χ4v) is 3.31. The Bertz CT molecular complexity index is 410. The Hall–Kier alpha value is -0.400. The van der Waals surface area contributed by atoms with E-state index in [1.807, 2.05) is 0 Å². The molecule has 10 heteroatoms. The van der Waals surface area contributed by atoms with Crippen LogP contribution in [0.2, 0.25) is 0 Å². The van der Waals surface area contributed by atoms with Gasteiger partial charge in [-0.1, -0.05) is 0 Å². The lowest BCUT2D eigenvalue weighted by molar-refractivity contribution is -0.373. The van der Waals surface area contributed by atoms with E-state index in [2.05, 4.69) is 0 Å². The van der Waals surface area contributed by atoms with Gasteiger partial charge in [-0.25, -0.2) is 0 Å². The standard InChI is InChI=1S/C15H28O10/c1-21-6-12-10(22-2)3-9(19)14(23-12)25-15(7-18)13(20)8(4-16)11(5-17)24-15/h8-14,16-20H,3-7H2,1-2H3/t8?,9?,10-,11?,12?,13?,14+,15?/m0/s1. The lowest BCUT2D eigenvalue weighted by Crippen LogP contribution is -2.57. The fourth-order valence-electron chi connectivity index (χ4n) is 3.31. The molecule has 0 amide bonds. The average Bonchev–Trinajstić information content (AvgIpc) is 2.89. The molecule has 2 aliphatic rings. The van der Waals surface area contributed by atoms with Crippen molar-refractivity contribution >= 4 is 0 Å². The summed E-state index contributed by atoms with van der Waals surface area (Å²) in [4.78, 5) is 0. The molecule has 10 nitrogen and oxygen atoms in total. The first-order valence-corrected chi connectivity index (χ1v) is 8.17. The Morgan fingerprint density at radius 2 is 1.80 bits per heavy atom. The number of hydrogen-bond acceptors (Lipinski definition) is 10. The van der Waals surface area contributed by atoms with Gasteiger partial charge in [0.05, 0.1) is 32.0 Å². The molecular formula is C15H28O10. The first-order chi connectivity index (χ1) is 12.0. The molecule has 6 unspecified atom stereocenters. The summed E-state index contributed by atoms with van der Waals surface area (Å²) in [5, 5.41) is 49.2. The molecule has 8 atom stereocenters. The Labute approximate surface area is 145 Å². The average molecular weight is 368 g/mol. The molecule has 0 saturated carbocycles. The second kappa shape index (κ2) is 9.00. The van der Waals surface area contributed by atoms with Crippen LogP contribution >= 0.6 is 0 Å². The molecule has 148 valence electrons. The highest BCUT2D eigenvalue weighted by Crippen LogP contribution is 2.39. The van der Waals surface area contributed by atoms with Gasteiger partial charge in [0.25, 0.3) is 0 Å². The van der Waals surface area contributed by atoms with E-state index in [0.717, 1.165) is 0 Å². The van der Waals surface area contributed by atoms with Gasteiger partial charge >= 0.3 is 0 Å². The summed E-state index contributed by atoms with van der Waals surface area (Å²) in [5.74, 6) is -2.77. The number of hydrogen-bond donors (Lipinski definition) is 5. The normalized spacial score (nSPS) is 45.0.